The van der Waals surface area contributed by atoms with Gasteiger partial charge in [-0.25, -0.2) is 0 Å². The Morgan fingerprint density at radius 2 is 1.44 bits per heavy atom. The number of halogens is 1. The molecule has 0 radical (unpaired) electrons. The lowest BCUT2D eigenvalue weighted by Crippen LogP contribution is -2.10. The van der Waals surface area contributed by atoms with Crippen LogP contribution >= 0.6 is 11.6 Å². The average Bonchev–Trinajstić information content (AvgIpc) is 2.58. The average molecular weight is 377 g/mol. The summed E-state index contributed by atoms with van der Waals surface area (Å²) in [7, 11) is -2.35. The number of hydrogen-bond acceptors (Lipinski definition) is 4. The Hall–Kier alpha value is -2.24. The Bertz CT molecular complexity index is 1040. The van der Waals surface area contributed by atoms with Gasteiger partial charge in [-0.1, -0.05) is 23.7 Å². The Kier molecular flexibility index (Phi) is 4.62. The van der Waals surface area contributed by atoms with Crippen LogP contribution < -0.4 is 8.92 Å². The molecule has 3 rings (SSSR count). The lowest BCUT2D eigenvalue weighted by Gasteiger charge is -2.11. The van der Waals surface area contributed by atoms with Gasteiger partial charge in [-0.3, -0.25) is 0 Å². The summed E-state index contributed by atoms with van der Waals surface area (Å²) >= 11 is 6.11. The molecule has 0 aliphatic carbocycles. The van der Waals surface area contributed by atoms with Crippen molar-refractivity contribution in [2.75, 3.05) is 7.11 Å². The third kappa shape index (κ3) is 3.57. The molecular formula is C19H17ClO4S. The molecule has 0 N–H and O–H groups in total. The Balaban J connectivity index is 1.98. The third-order valence-corrected chi connectivity index (χ3v) is 5.76. The number of rotatable bonds is 4. The molecule has 3 aromatic rings. The van der Waals surface area contributed by atoms with E-state index >= 15 is 0 Å². The molecule has 0 fully saturated rings. The second kappa shape index (κ2) is 6.58. The first-order valence-electron chi connectivity index (χ1n) is 7.59. The van der Waals surface area contributed by atoms with Crippen LogP contribution in [0.3, 0.4) is 0 Å². The van der Waals surface area contributed by atoms with Crippen molar-refractivity contribution in [1.82, 2.24) is 0 Å². The summed E-state index contributed by atoms with van der Waals surface area (Å²) in [6, 6.07) is 13.5. The second-order valence-electron chi connectivity index (χ2n) is 5.78. The summed E-state index contributed by atoms with van der Waals surface area (Å²) in [6.45, 7) is 3.61. The van der Waals surface area contributed by atoms with Crippen LogP contribution in [0.15, 0.2) is 53.4 Å². The molecule has 0 heterocycles. The van der Waals surface area contributed by atoms with E-state index in [0.717, 1.165) is 21.9 Å². The molecule has 0 bridgehead atoms. The Labute approximate surface area is 152 Å². The fourth-order valence-electron chi connectivity index (χ4n) is 2.61. The maximum Gasteiger partial charge on any atom is 0.339 e. The first-order chi connectivity index (χ1) is 11.8. The van der Waals surface area contributed by atoms with Gasteiger partial charge in [0.05, 0.1) is 7.11 Å². The van der Waals surface area contributed by atoms with Crippen LogP contribution in [0.1, 0.15) is 11.1 Å². The fourth-order valence-corrected chi connectivity index (χ4v) is 3.67. The third-order valence-electron chi connectivity index (χ3n) is 3.92. The van der Waals surface area contributed by atoms with Crippen LogP contribution in [0, 0.1) is 13.8 Å². The SMILES string of the molecule is COc1ccc2cc(S(=O)(=O)Oc3cc(C)c(Cl)c(C)c3)ccc2c1. The molecule has 130 valence electrons. The monoisotopic (exact) mass is 376 g/mol. The molecule has 0 saturated carbocycles. The van der Waals surface area contributed by atoms with Gasteiger partial charge in [0.2, 0.25) is 0 Å². The van der Waals surface area contributed by atoms with Crippen molar-refractivity contribution >= 4 is 32.5 Å². The fraction of sp³-hybridized carbons (Fsp3) is 0.158. The minimum absolute atomic E-state index is 0.0930. The quantitative estimate of drug-likeness (QED) is 0.608. The summed E-state index contributed by atoms with van der Waals surface area (Å²) in [4.78, 5) is 0.0930. The molecule has 0 unspecified atom stereocenters. The standard InChI is InChI=1S/C19H17ClO4S/c1-12-8-17(9-13(2)19(12)20)24-25(21,22)18-7-5-14-10-16(23-3)6-4-15(14)11-18/h4-11H,1-3H3. The molecule has 6 heteroatoms. The van der Waals surface area contributed by atoms with Gasteiger partial charge in [0.25, 0.3) is 0 Å². The van der Waals surface area contributed by atoms with Crippen molar-refractivity contribution in [3.05, 3.63) is 64.7 Å². The van der Waals surface area contributed by atoms with Crippen LogP contribution in [0.4, 0.5) is 0 Å². The Morgan fingerprint density at radius 3 is 2.08 bits per heavy atom. The minimum atomic E-state index is -3.94. The van der Waals surface area contributed by atoms with E-state index in [9.17, 15) is 8.42 Å². The molecule has 4 nitrogen and oxygen atoms in total. The second-order valence-corrected chi connectivity index (χ2v) is 7.71. The predicted octanol–water partition coefficient (Wildman–Crippen LogP) is 4.89. The summed E-state index contributed by atoms with van der Waals surface area (Å²) in [6.07, 6.45) is 0. The van der Waals surface area contributed by atoms with E-state index in [1.54, 1.807) is 51.3 Å². The van der Waals surface area contributed by atoms with Crippen molar-refractivity contribution < 1.29 is 17.3 Å². The lowest BCUT2D eigenvalue weighted by atomic mass is 10.1. The van der Waals surface area contributed by atoms with Crippen LogP contribution in [0.25, 0.3) is 10.8 Å². The highest BCUT2D eigenvalue weighted by molar-refractivity contribution is 7.87. The molecule has 25 heavy (non-hydrogen) atoms. The first-order valence-corrected chi connectivity index (χ1v) is 9.38. The zero-order valence-electron chi connectivity index (χ0n) is 14.0. The molecule has 0 spiro atoms. The summed E-state index contributed by atoms with van der Waals surface area (Å²) < 4.78 is 35.7. The van der Waals surface area contributed by atoms with Crippen LogP contribution in [0.5, 0.6) is 11.5 Å². The number of fused-ring (bicyclic) bond motifs is 1. The number of aryl methyl sites for hydroxylation is 2. The van der Waals surface area contributed by atoms with E-state index in [1.165, 1.54) is 6.07 Å². The normalized spacial score (nSPS) is 11.5. The summed E-state index contributed by atoms with van der Waals surface area (Å²) in [5.41, 5.74) is 1.52. The maximum atomic E-state index is 12.6. The number of hydrogen-bond donors (Lipinski definition) is 0. The van der Waals surface area contributed by atoms with Gasteiger partial charge in [0.1, 0.15) is 16.4 Å². The zero-order chi connectivity index (χ0) is 18.2. The van der Waals surface area contributed by atoms with E-state index in [1.807, 2.05) is 12.1 Å². The van der Waals surface area contributed by atoms with Crippen molar-refractivity contribution in [3.8, 4) is 11.5 Å². The van der Waals surface area contributed by atoms with Crippen LogP contribution in [-0.4, -0.2) is 15.5 Å². The Morgan fingerprint density at radius 1 is 0.840 bits per heavy atom. The van der Waals surface area contributed by atoms with Crippen molar-refractivity contribution in [1.29, 1.82) is 0 Å². The number of benzene rings is 3. The molecule has 0 aliphatic heterocycles. The van der Waals surface area contributed by atoms with E-state index in [-0.39, 0.29) is 10.6 Å². The van der Waals surface area contributed by atoms with E-state index in [2.05, 4.69) is 0 Å². The van der Waals surface area contributed by atoms with Gasteiger partial charge >= 0.3 is 10.1 Å². The van der Waals surface area contributed by atoms with Gasteiger partial charge < -0.3 is 8.92 Å². The minimum Gasteiger partial charge on any atom is -0.497 e. The highest BCUT2D eigenvalue weighted by atomic mass is 35.5. The highest BCUT2D eigenvalue weighted by Crippen LogP contribution is 2.29. The molecule has 0 amide bonds. The molecule has 0 aliphatic rings. The van der Waals surface area contributed by atoms with Crippen LogP contribution in [-0.2, 0) is 10.1 Å². The lowest BCUT2D eigenvalue weighted by molar-refractivity contribution is 0.415. The predicted molar refractivity (Wildman–Crippen MR) is 99.2 cm³/mol. The van der Waals surface area contributed by atoms with Gasteiger partial charge in [-0.05, 0) is 72.1 Å². The molecule has 3 aromatic carbocycles. The van der Waals surface area contributed by atoms with Gasteiger partial charge in [0.15, 0.2) is 0 Å². The molecule has 0 saturated heterocycles. The first kappa shape index (κ1) is 17.6. The zero-order valence-corrected chi connectivity index (χ0v) is 15.6. The van der Waals surface area contributed by atoms with Gasteiger partial charge in [-0.2, -0.15) is 8.42 Å². The van der Waals surface area contributed by atoms with Crippen LogP contribution in [0.2, 0.25) is 5.02 Å². The van der Waals surface area contributed by atoms with E-state index in [4.69, 9.17) is 20.5 Å². The number of methoxy groups -OCH3 is 1. The molecule has 0 aromatic heterocycles. The van der Waals surface area contributed by atoms with Gasteiger partial charge in [0, 0.05) is 5.02 Å². The number of ether oxygens (including phenoxy) is 1. The van der Waals surface area contributed by atoms with Crippen molar-refractivity contribution in [3.63, 3.8) is 0 Å². The highest BCUT2D eigenvalue weighted by Gasteiger charge is 2.18. The topological polar surface area (TPSA) is 52.6 Å². The molecule has 0 atom stereocenters. The summed E-state index contributed by atoms with van der Waals surface area (Å²) in [5.74, 6) is 0.959. The van der Waals surface area contributed by atoms with Crippen molar-refractivity contribution in [2.24, 2.45) is 0 Å². The smallest absolute Gasteiger partial charge is 0.339 e. The van der Waals surface area contributed by atoms with Gasteiger partial charge in [-0.15, -0.1) is 0 Å². The summed E-state index contributed by atoms with van der Waals surface area (Å²) in [5, 5.41) is 2.27. The van der Waals surface area contributed by atoms with E-state index in [0.29, 0.717) is 10.8 Å². The molecular weight excluding hydrogens is 360 g/mol. The largest absolute Gasteiger partial charge is 0.497 e. The maximum absolute atomic E-state index is 12.6. The van der Waals surface area contributed by atoms with E-state index < -0.39 is 10.1 Å². The van der Waals surface area contributed by atoms with Crippen molar-refractivity contribution in [2.45, 2.75) is 18.7 Å².